The quantitative estimate of drug-likeness (QED) is 0.820. The fourth-order valence-corrected chi connectivity index (χ4v) is 1.67. The molecule has 1 unspecified atom stereocenters. The highest BCUT2D eigenvalue weighted by molar-refractivity contribution is 7.81. The summed E-state index contributed by atoms with van der Waals surface area (Å²) in [5.41, 5.74) is 0.521. The van der Waals surface area contributed by atoms with Crippen LogP contribution in [0.1, 0.15) is 19.4 Å². The van der Waals surface area contributed by atoms with Gasteiger partial charge in [-0.05, 0) is 12.0 Å². The molecular weight excluding hydrogens is 237 g/mol. The molecule has 1 aromatic carbocycles. The molecule has 0 radical (unpaired) electrons. The third-order valence-electron chi connectivity index (χ3n) is 2.63. The number of hydrogen-bond donors (Lipinski definition) is 1. The monoisotopic (exact) mass is 255 g/mol. The Bertz CT molecular complexity index is 395. The Balaban J connectivity index is 2.70. The first-order valence-corrected chi connectivity index (χ1v) is 6.11. The fraction of sp³-hybridized carbons (Fsp3) is 0.462. The van der Waals surface area contributed by atoms with E-state index in [1.54, 1.807) is 25.2 Å². The molecule has 0 aliphatic rings. The number of nitrogens with zero attached hydrogens (tertiary/aromatic N) is 1. The minimum absolute atomic E-state index is 0.0772. The molecule has 0 saturated heterocycles. The number of hydrogen-bond acceptors (Lipinski definition) is 2. The molecule has 17 heavy (non-hydrogen) atoms. The van der Waals surface area contributed by atoms with E-state index in [4.69, 9.17) is 0 Å². The van der Waals surface area contributed by atoms with Gasteiger partial charge >= 0.3 is 0 Å². The van der Waals surface area contributed by atoms with Gasteiger partial charge in [-0.15, -0.1) is 0 Å². The van der Waals surface area contributed by atoms with Gasteiger partial charge in [-0.3, -0.25) is 4.79 Å². The maximum Gasteiger partial charge on any atom is 0.235 e. The molecule has 4 heteroatoms. The van der Waals surface area contributed by atoms with Gasteiger partial charge in [-0.25, -0.2) is 4.39 Å². The topological polar surface area (TPSA) is 20.3 Å². The molecule has 0 aliphatic heterocycles. The highest BCUT2D eigenvalue weighted by Gasteiger charge is 2.21. The molecule has 1 amide bonds. The lowest BCUT2D eigenvalue weighted by Gasteiger charge is -2.23. The second-order valence-corrected chi connectivity index (χ2v) is 5.03. The Labute approximate surface area is 107 Å². The summed E-state index contributed by atoms with van der Waals surface area (Å²) >= 11 is 4.27. The maximum absolute atomic E-state index is 13.4. The number of halogens is 1. The van der Waals surface area contributed by atoms with Gasteiger partial charge in [0.2, 0.25) is 5.91 Å². The van der Waals surface area contributed by atoms with E-state index >= 15 is 0 Å². The molecular formula is C13H18FNOS. The molecule has 2 nitrogen and oxygen atoms in total. The number of carbonyl (C=O) groups is 1. The summed E-state index contributed by atoms with van der Waals surface area (Å²) in [6.45, 7) is 4.15. The van der Waals surface area contributed by atoms with Crippen LogP contribution in [-0.4, -0.2) is 23.1 Å². The molecule has 0 aliphatic carbocycles. The number of amides is 1. The summed E-state index contributed by atoms with van der Waals surface area (Å²) in [5.74, 6) is -0.201. The van der Waals surface area contributed by atoms with Gasteiger partial charge < -0.3 is 4.90 Å². The smallest absolute Gasteiger partial charge is 0.235 e. The Morgan fingerprint density at radius 1 is 1.41 bits per heavy atom. The van der Waals surface area contributed by atoms with Crippen molar-refractivity contribution in [2.45, 2.75) is 25.6 Å². The first-order chi connectivity index (χ1) is 7.93. The lowest BCUT2D eigenvalue weighted by Crippen LogP contribution is -2.35. The number of carbonyl (C=O) groups excluding carboxylic acids is 1. The van der Waals surface area contributed by atoms with Crippen molar-refractivity contribution in [3.63, 3.8) is 0 Å². The molecule has 0 aromatic heterocycles. The summed E-state index contributed by atoms with van der Waals surface area (Å²) in [4.78, 5) is 13.4. The van der Waals surface area contributed by atoms with Gasteiger partial charge in [0.15, 0.2) is 0 Å². The number of benzene rings is 1. The van der Waals surface area contributed by atoms with Gasteiger partial charge in [-0.1, -0.05) is 32.0 Å². The van der Waals surface area contributed by atoms with Crippen molar-refractivity contribution >= 4 is 18.5 Å². The van der Waals surface area contributed by atoms with Crippen molar-refractivity contribution in [1.82, 2.24) is 4.90 Å². The normalized spacial score (nSPS) is 12.6. The highest BCUT2D eigenvalue weighted by atomic mass is 32.1. The average molecular weight is 255 g/mol. The molecule has 1 rings (SSSR count). The van der Waals surface area contributed by atoms with E-state index in [0.29, 0.717) is 5.56 Å². The third kappa shape index (κ3) is 3.73. The molecule has 0 saturated carbocycles. The van der Waals surface area contributed by atoms with Crippen LogP contribution in [0.2, 0.25) is 0 Å². The molecule has 1 aromatic rings. The van der Waals surface area contributed by atoms with Crippen LogP contribution in [0.15, 0.2) is 24.3 Å². The Morgan fingerprint density at radius 2 is 2.00 bits per heavy atom. The van der Waals surface area contributed by atoms with Crippen LogP contribution in [-0.2, 0) is 11.3 Å². The van der Waals surface area contributed by atoms with Gasteiger partial charge in [0.25, 0.3) is 0 Å². The zero-order chi connectivity index (χ0) is 13.0. The van der Waals surface area contributed by atoms with Gasteiger partial charge in [0, 0.05) is 19.2 Å². The van der Waals surface area contributed by atoms with Crippen molar-refractivity contribution in [2.24, 2.45) is 5.92 Å². The third-order valence-corrected chi connectivity index (χ3v) is 3.44. The van der Waals surface area contributed by atoms with E-state index in [1.165, 1.54) is 11.0 Å². The zero-order valence-corrected chi connectivity index (χ0v) is 11.2. The van der Waals surface area contributed by atoms with Crippen LogP contribution in [0, 0.1) is 11.7 Å². The first kappa shape index (κ1) is 14.0. The largest absolute Gasteiger partial charge is 0.340 e. The minimum Gasteiger partial charge on any atom is -0.340 e. The molecule has 0 fully saturated rings. The van der Waals surface area contributed by atoms with E-state index < -0.39 is 0 Å². The van der Waals surface area contributed by atoms with Crippen LogP contribution in [0.5, 0.6) is 0 Å². The van der Waals surface area contributed by atoms with Crippen LogP contribution in [0.4, 0.5) is 4.39 Å². The zero-order valence-electron chi connectivity index (χ0n) is 10.4. The van der Waals surface area contributed by atoms with Crippen LogP contribution >= 0.6 is 12.6 Å². The summed E-state index contributed by atoms with van der Waals surface area (Å²) in [6, 6.07) is 6.48. The van der Waals surface area contributed by atoms with Gasteiger partial charge in [0.05, 0.1) is 5.25 Å². The molecule has 0 bridgehead atoms. The second-order valence-electron chi connectivity index (χ2n) is 4.47. The summed E-state index contributed by atoms with van der Waals surface area (Å²) in [5, 5.41) is -0.341. The van der Waals surface area contributed by atoms with E-state index in [0.717, 1.165) is 0 Å². The Morgan fingerprint density at radius 3 is 2.53 bits per heavy atom. The van der Waals surface area contributed by atoms with E-state index in [1.807, 2.05) is 13.8 Å². The fourth-order valence-electron chi connectivity index (χ4n) is 1.47. The Kier molecular flexibility index (Phi) is 5.00. The SMILES string of the molecule is CC(C)C(S)C(=O)N(C)Cc1ccccc1F. The van der Waals surface area contributed by atoms with E-state index in [2.05, 4.69) is 12.6 Å². The molecule has 0 N–H and O–H groups in total. The second kappa shape index (κ2) is 6.05. The molecule has 0 heterocycles. The van der Waals surface area contributed by atoms with E-state index in [-0.39, 0.29) is 29.4 Å². The summed E-state index contributed by atoms with van der Waals surface area (Å²) < 4.78 is 13.4. The number of thiol groups is 1. The lowest BCUT2D eigenvalue weighted by molar-refractivity contribution is -0.130. The molecule has 0 spiro atoms. The van der Waals surface area contributed by atoms with Crippen molar-refractivity contribution in [3.05, 3.63) is 35.6 Å². The van der Waals surface area contributed by atoms with Crippen molar-refractivity contribution in [1.29, 1.82) is 0 Å². The lowest BCUT2D eigenvalue weighted by atomic mass is 10.1. The van der Waals surface area contributed by atoms with Crippen LogP contribution in [0.3, 0.4) is 0 Å². The van der Waals surface area contributed by atoms with Crippen molar-refractivity contribution < 1.29 is 9.18 Å². The van der Waals surface area contributed by atoms with Crippen LogP contribution in [0.25, 0.3) is 0 Å². The minimum atomic E-state index is -0.341. The molecule has 1 atom stereocenters. The summed E-state index contributed by atoms with van der Waals surface area (Å²) in [7, 11) is 1.67. The molecule has 94 valence electrons. The van der Waals surface area contributed by atoms with Gasteiger partial charge in [-0.2, -0.15) is 12.6 Å². The van der Waals surface area contributed by atoms with Gasteiger partial charge in [0.1, 0.15) is 5.82 Å². The average Bonchev–Trinajstić information content (AvgIpc) is 2.30. The predicted octanol–water partition coefficient (Wildman–Crippen LogP) is 2.74. The van der Waals surface area contributed by atoms with Crippen molar-refractivity contribution in [3.8, 4) is 0 Å². The highest BCUT2D eigenvalue weighted by Crippen LogP contribution is 2.14. The summed E-state index contributed by atoms with van der Waals surface area (Å²) in [6.07, 6.45) is 0. The van der Waals surface area contributed by atoms with Crippen LogP contribution < -0.4 is 0 Å². The predicted molar refractivity (Wildman–Crippen MR) is 70.5 cm³/mol. The number of rotatable bonds is 4. The van der Waals surface area contributed by atoms with E-state index in [9.17, 15) is 9.18 Å². The maximum atomic E-state index is 13.4. The standard InChI is InChI=1S/C13H18FNOS/c1-9(2)12(17)13(16)15(3)8-10-6-4-5-7-11(10)14/h4-7,9,12,17H,8H2,1-3H3. The van der Waals surface area contributed by atoms with Crippen molar-refractivity contribution in [2.75, 3.05) is 7.05 Å². The first-order valence-electron chi connectivity index (χ1n) is 5.60. The Hall–Kier alpha value is -1.03.